The van der Waals surface area contributed by atoms with Gasteiger partial charge in [0.2, 0.25) is 5.88 Å². The minimum absolute atomic E-state index is 0.0229. The van der Waals surface area contributed by atoms with Crippen molar-refractivity contribution in [1.82, 2.24) is 10.3 Å². The molecule has 0 amide bonds. The van der Waals surface area contributed by atoms with E-state index in [0.717, 1.165) is 30.4 Å². The molecule has 3 N–H and O–H groups in total. The van der Waals surface area contributed by atoms with Crippen molar-refractivity contribution in [2.45, 2.75) is 31.4 Å². The summed E-state index contributed by atoms with van der Waals surface area (Å²) in [5.74, 6) is -0.451. The maximum atomic E-state index is 11.4. The number of halogens is 1. The monoisotopic (exact) mass is 438 g/mol. The second-order valence-electron chi connectivity index (χ2n) is 7.61. The van der Waals surface area contributed by atoms with Gasteiger partial charge in [0.1, 0.15) is 11.3 Å². The van der Waals surface area contributed by atoms with Crippen molar-refractivity contribution in [3.63, 3.8) is 0 Å². The largest absolute Gasteiger partial charge is 0.477 e. The predicted octanol–water partition coefficient (Wildman–Crippen LogP) is 4.41. The van der Waals surface area contributed by atoms with Gasteiger partial charge in [-0.2, -0.15) is 0 Å². The Hall–Kier alpha value is -2.93. The fourth-order valence-electron chi connectivity index (χ4n) is 3.83. The van der Waals surface area contributed by atoms with Gasteiger partial charge in [0.25, 0.3) is 0 Å². The molecule has 31 heavy (non-hydrogen) atoms. The number of aryl methyl sites for hydroxylation is 1. The van der Waals surface area contributed by atoms with Gasteiger partial charge in [-0.25, -0.2) is 9.78 Å². The highest BCUT2D eigenvalue weighted by Crippen LogP contribution is 2.29. The van der Waals surface area contributed by atoms with E-state index in [2.05, 4.69) is 10.3 Å². The van der Waals surface area contributed by atoms with Gasteiger partial charge in [0, 0.05) is 23.8 Å². The standard InChI is InChI=1S/C24H23ClN2O4/c25-18-4-1-3-16(11-18)22(28)14-27-19-8-6-15-7-9-20(13-17(15)12-19)31-23-21(24(29)30)5-2-10-26-23/h1-5,7,9-11,13,19,22,27-28H,6,8,12,14H2,(H,29,30). The van der Waals surface area contributed by atoms with Gasteiger partial charge in [-0.3, -0.25) is 0 Å². The molecule has 0 saturated heterocycles. The number of aliphatic hydroxyl groups excluding tert-OH is 1. The normalized spacial score (nSPS) is 16.4. The molecule has 1 aliphatic rings. The second-order valence-corrected chi connectivity index (χ2v) is 8.05. The molecular formula is C24H23ClN2O4. The molecule has 1 aliphatic carbocycles. The van der Waals surface area contributed by atoms with Crippen molar-refractivity contribution in [2.75, 3.05) is 6.54 Å². The van der Waals surface area contributed by atoms with Crippen LogP contribution in [-0.4, -0.2) is 33.8 Å². The summed E-state index contributed by atoms with van der Waals surface area (Å²) in [5.41, 5.74) is 3.21. The number of nitrogens with zero attached hydrogens (tertiary/aromatic N) is 1. The number of aromatic carboxylic acids is 1. The summed E-state index contributed by atoms with van der Waals surface area (Å²) in [6, 6.07) is 16.3. The van der Waals surface area contributed by atoms with E-state index in [0.29, 0.717) is 17.3 Å². The number of carbonyl (C=O) groups is 1. The third kappa shape index (κ3) is 5.22. The fourth-order valence-corrected chi connectivity index (χ4v) is 4.03. The number of benzene rings is 2. The van der Waals surface area contributed by atoms with Crippen LogP contribution < -0.4 is 10.1 Å². The number of ether oxygens (including phenoxy) is 1. The summed E-state index contributed by atoms with van der Waals surface area (Å²) in [6.07, 6.45) is 3.56. The van der Waals surface area contributed by atoms with Crippen molar-refractivity contribution in [1.29, 1.82) is 0 Å². The first-order valence-corrected chi connectivity index (χ1v) is 10.5. The number of hydrogen-bond donors (Lipinski definition) is 3. The molecule has 0 bridgehead atoms. The topological polar surface area (TPSA) is 91.7 Å². The summed E-state index contributed by atoms with van der Waals surface area (Å²) in [5, 5.41) is 23.8. The van der Waals surface area contributed by atoms with Crippen molar-refractivity contribution >= 4 is 17.6 Å². The molecular weight excluding hydrogens is 416 g/mol. The van der Waals surface area contributed by atoms with E-state index in [9.17, 15) is 15.0 Å². The number of aromatic nitrogens is 1. The van der Waals surface area contributed by atoms with Crippen LogP contribution >= 0.6 is 11.6 Å². The van der Waals surface area contributed by atoms with Crippen LogP contribution in [0.15, 0.2) is 60.8 Å². The van der Waals surface area contributed by atoms with Gasteiger partial charge in [0.05, 0.1) is 6.10 Å². The third-order valence-corrected chi connectivity index (χ3v) is 5.69. The molecule has 4 rings (SSSR count). The molecule has 0 radical (unpaired) electrons. The molecule has 2 unspecified atom stereocenters. The summed E-state index contributed by atoms with van der Waals surface area (Å²) in [4.78, 5) is 15.4. The van der Waals surface area contributed by atoms with E-state index >= 15 is 0 Å². The zero-order chi connectivity index (χ0) is 21.8. The van der Waals surface area contributed by atoms with E-state index in [1.807, 2.05) is 30.3 Å². The molecule has 6 nitrogen and oxygen atoms in total. The summed E-state index contributed by atoms with van der Waals surface area (Å²) < 4.78 is 5.77. The van der Waals surface area contributed by atoms with E-state index < -0.39 is 12.1 Å². The minimum Gasteiger partial charge on any atom is -0.477 e. The van der Waals surface area contributed by atoms with Crippen molar-refractivity contribution in [2.24, 2.45) is 0 Å². The lowest BCUT2D eigenvalue weighted by Crippen LogP contribution is -2.37. The molecule has 2 aromatic carbocycles. The van der Waals surface area contributed by atoms with Crippen LogP contribution in [0.2, 0.25) is 5.02 Å². The van der Waals surface area contributed by atoms with Crippen molar-refractivity contribution < 1.29 is 19.7 Å². The molecule has 1 aromatic heterocycles. The quantitative estimate of drug-likeness (QED) is 0.506. The number of rotatable bonds is 7. The summed E-state index contributed by atoms with van der Waals surface area (Å²) in [7, 11) is 0. The number of nitrogens with one attached hydrogen (secondary N) is 1. The maximum Gasteiger partial charge on any atom is 0.341 e. The Labute approximate surface area is 185 Å². The average Bonchev–Trinajstić information content (AvgIpc) is 2.77. The molecule has 7 heteroatoms. The number of pyridine rings is 1. The van der Waals surface area contributed by atoms with Crippen LogP contribution in [0.3, 0.4) is 0 Å². The van der Waals surface area contributed by atoms with Crippen molar-refractivity contribution in [3.8, 4) is 11.6 Å². The predicted molar refractivity (Wildman–Crippen MR) is 118 cm³/mol. The maximum absolute atomic E-state index is 11.4. The van der Waals surface area contributed by atoms with E-state index in [1.165, 1.54) is 17.8 Å². The Morgan fingerprint density at radius 3 is 2.87 bits per heavy atom. The van der Waals surface area contributed by atoms with Gasteiger partial charge in [0.15, 0.2) is 0 Å². The van der Waals surface area contributed by atoms with Crippen LogP contribution in [0.1, 0.15) is 39.6 Å². The minimum atomic E-state index is -1.08. The SMILES string of the molecule is O=C(O)c1cccnc1Oc1ccc2c(c1)CC(NCC(O)c1cccc(Cl)c1)CC2. The average molecular weight is 439 g/mol. The highest BCUT2D eigenvalue weighted by atomic mass is 35.5. The smallest absolute Gasteiger partial charge is 0.341 e. The van der Waals surface area contributed by atoms with Gasteiger partial charge < -0.3 is 20.3 Å². The van der Waals surface area contributed by atoms with Crippen LogP contribution in [0.4, 0.5) is 0 Å². The molecule has 2 atom stereocenters. The number of hydrogen-bond acceptors (Lipinski definition) is 5. The fraction of sp³-hybridized carbons (Fsp3) is 0.250. The molecule has 0 saturated carbocycles. The lowest BCUT2D eigenvalue weighted by molar-refractivity contribution is 0.0693. The number of fused-ring (bicyclic) bond motifs is 1. The third-order valence-electron chi connectivity index (χ3n) is 5.46. The highest BCUT2D eigenvalue weighted by molar-refractivity contribution is 6.30. The number of carboxylic acids is 1. The number of carboxylic acid groups (broad SMARTS) is 1. The molecule has 0 aliphatic heterocycles. The Balaban J connectivity index is 1.41. The Bertz CT molecular complexity index is 1090. The zero-order valence-corrected chi connectivity index (χ0v) is 17.5. The van der Waals surface area contributed by atoms with Gasteiger partial charge >= 0.3 is 5.97 Å². The molecule has 0 spiro atoms. The molecule has 0 fully saturated rings. The molecule has 3 aromatic rings. The first kappa shape index (κ1) is 21.3. The van der Waals surface area contributed by atoms with Crippen LogP contribution in [0, 0.1) is 0 Å². The van der Waals surface area contributed by atoms with E-state index in [-0.39, 0.29) is 17.5 Å². The molecule has 1 heterocycles. The van der Waals surface area contributed by atoms with Crippen LogP contribution in [0.25, 0.3) is 0 Å². The first-order valence-electron chi connectivity index (χ1n) is 10.1. The number of aliphatic hydroxyl groups is 1. The Morgan fingerprint density at radius 1 is 1.19 bits per heavy atom. The highest BCUT2D eigenvalue weighted by Gasteiger charge is 2.21. The first-order chi connectivity index (χ1) is 15.0. The molecule has 160 valence electrons. The Morgan fingerprint density at radius 2 is 2.06 bits per heavy atom. The second kappa shape index (κ2) is 9.47. The van der Waals surface area contributed by atoms with Crippen LogP contribution in [0.5, 0.6) is 11.6 Å². The zero-order valence-electron chi connectivity index (χ0n) is 16.8. The lowest BCUT2D eigenvalue weighted by Gasteiger charge is -2.27. The van der Waals surface area contributed by atoms with E-state index in [4.69, 9.17) is 16.3 Å². The van der Waals surface area contributed by atoms with Gasteiger partial charge in [-0.15, -0.1) is 0 Å². The van der Waals surface area contributed by atoms with Crippen molar-refractivity contribution in [3.05, 3.63) is 88.1 Å². The lowest BCUT2D eigenvalue weighted by atomic mass is 9.88. The van der Waals surface area contributed by atoms with Crippen LogP contribution in [-0.2, 0) is 12.8 Å². The van der Waals surface area contributed by atoms with Gasteiger partial charge in [-0.1, -0.05) is 29.8 Å². The summed E-state index contributed by atoms with van der Waals surface area (Å²) >= 11 is 6.01. The van der Waals surface area contributed by atoms with E-state index in [1.54, 1.807) is 18.2 Å². The van der Waals surface area contributed by atoms with Gasteiger partial charge in [-0.05, 0) is 72.4 Å². The summed E-state index contributed by atoms with van der Waals surface area (Å²) in [6.45, 7) is 0.437. The Kier molecular flexibility index (Phi) is 6.51.